The van der Waals surface area contributed by atoms with Crippen molar-refractivity contribution in [3.05, 3.63) is 65.4 Å². The van der Waals surface area contributed by atoms with Gasteiger partial charge in [-0.1, -0.05) is 56.5 Å². The molecule has 128 valence electrons. The summed E-state index contributed by atoms with van der Waals surface area (Å²) in [6.07, 6.45) is 7.38. The van der Waals surface area contributed by atoms with Crippen LogP contribution in [-0.4, -0.2) is 4.98 Å². The highest BCUT2D eigenvalue weighted by Crippen LogP contribution is 2.37. The van der Waals surface area contributed by atoms with Gasteiger partial charge in [-0.05, 0) is 66.3 Å². The fraction of sp³-hybridized carbons (Fsp3) is 0.375. The van der Waals surface area contributed by atoms with Crippen LogP contribution < -0.4 is 0 Å². The van der Waals surface area contributed by atoms with Gasteiger partial charge in [0, 0.05) is 17.1 Å². The number of rotatable bonds is 3. The molecule has 0 bridgehead atoms. The normalized spacial score (nSPS) is 15.4. The molecule has 3 aromatic rings. The third-order valence-corrected chi connectivity index (χ3v) is 5.65. The molecule has 1 aliphatic carbocycles. The summed E-state index contributed by atoms with van der Waals surface area (Å²) in [7, 11) is 0. The summed E-state index contributed by atoms with van der Waals surface area (Å²) in [5.74, 6) is 1.29. The Labute approximate surface area is 151 Å². The Bertz CT molecular complexity index is 901. The smallest absolute Gasteiger partial charge is 0.0780 e. The van der Waals surface area contributed by atoms with E-state index < -0.39 is 0 Å². The summed E-state index contributed by atoms with van der Waals surface area (Å²) in [5, 5.41) is 2.55. The molecule has 0 amide bonds. The summed E-state index contributed by atoms with van der Waals surface area (Å²) in [4.78, 5) is 4.76. The number of fused-ring (bicyclic) bond motifs is 1. The lowest BCUT2D eigenvalue weighted by Gasteiger charge is -2.14. The molecule has 0 spiro atoms. The van der Waals surface area contributed by atoms with Gasteiger partial charge in [0.2, 0.25) is 0 Å². The summed E-state index contributed by atoms with van der Waals surface area (Å²) in [5.41, 5.74) is 6.63. The molecule has 0 aliphatic heterocycles. The van der Waals surface area contributed by atoms with E-state index in [0.717, 1.165) is 11.6 Å². The first-order chi connectivity index (χ1) is 12.1. The number of aryl methyl sites for hydroxylation is 1. The molecule has 0 saturated heterocycles. The lowest BCUT2D eigenvalue weighted by Crippen LogP contribution is -1.96. The molecule has 0 N–H and O–H groups in total. The van der Waals surface area contributed by atoms with E-state index >= 15 is 0 Å². The van der Waals surface area contributed by atoms with Gasteiger partial charge in [-0.15, -0.1) is 0 Å². The first kappa shape index (κ1) is 16.3. The van der Waals surface area contributed by atoms with Crippen molar-refractivity contribution in [1.29, 1.82) is 0 Å². The van der Waals surface area contributed by atoms with Crippen LogP contribution in [-0.2, 0) is 0 Å². The Hall–Kier alpha value is -2.15. The minimum absolute atomic E-state index is 0.550. The molecule has 25 heavy (non-hydrogen) atoms. The molecule has 0 atom stereocenters. The molecule has 4 rings (SSSR count). The molecule has 1 heterocycles. The topological polar surface area (TPSA) is 12.9 Å². The maximum Gasteiger partial charge on any atom is 0.0780 e. The van der Waals surface area contributed by atoms with Crippen molar-refractivity contribution in [2.24, 2.45) is 0 Å². The standard InChI is InChI=1S/C24H27N/c1-16(2)19-8-9-23-20(14-19)10-11-25-24(23)22-13-17(3)12-21(15-22)18-6-4-5-7-18/h8-16,18H,4-7H2,1-3H3. The minimum atomic E-state index is 0.550. The lowest BCUT2D eigenvalue weighted by molar-refractivity contribution is 0.723. The highest BCUT2D eigenvalue weighted by Gasteiger charge is 2.18. The lowest BCUT2D eigenvalue weighted by atomic mass is 9.91. The van der Waals surface area contributed by atoms with Crippen LogP contribution in [0.4, 0.5) is 0 Å². The van der Waals surface area contributed by atoms with Gasteiger partial charge in [0.05, 0.1) is 5.69 Å². The second kappa shape index (κ2) is 6.63. The van der Waals surface area contributed by atoms with Crippen molar-refractivity contribution in [2.75, 3.05) is 0 Å². The molecular formula is C24H27N. The Morgan fingerprint density at radius 1 is 0.960 bits per heavy atom. The van der Waals surface area contributed by atoms with Crippen LogP contribution in [0.1, 0.15) is 68.1 Å². The Morgan fingerprint density at radius 2 is 1.76 bits per heavy atom. The van der Waals surface area contributed by atoms with Gasteiger partial charge in [0.25, 0.3) is 0 Å². The fourth-order valence-electron chi connectivity index (χ4n) is 4.23. The summed E-state index contributed by atoms with van der Waals surface area (Å²) in [6.45, 7) is 6.71. The molecule has 1 aromatic heterocycles. The van der Waals surface area contributed by atoms with Crippen molar-refractivity contribution in [2.45, 2.75) is 58.3 Å². The molecule has 0 unspecified atom stereocenters. The number of hydrogen-bond acceptors (Lipinski definition) is 1. The van der Waals surface area contributed by atoms with E-state index in [9.17, 15) is 0 Å². The Balaban J connectivity index is 1.84. The largest absolute Gasteiger partial charge is 0.256 e. The predicted molar refractivity (Wildman–Crippen MR) is 107 cm³/mol. The third-order valence-electron chi connectivity index (χ3n) is 5.65. The van der Waals surface area contributed by atoms with E-state index in [1.807, 2.05) is 6.20 Å². The van der Waals surface area contributed by atoms with E-state index in [4.69, 9.17) is 4.98 Å². The molecule has 1 heteroatoms. The van der Waals surface area contributed by atoms with Crippen LogP contribution in [0.3, 0.4) is 0 Å². The summed E-state index contributed by atoms with van der Waals surface area (Å²) < 4.78 is 0. The summed E-state index contributed by atoms with van der Waals surface area (Å²) in [6, 6.07) is 16.0. The average molecular weight is 329 g/mol. The molecule has 1 aliphatic rings. The van der Waals surface area contributed by atoms with Gasteiger partial charge in [-0.3, -0.25) is 4.98 Å². The van der Waals surface area contributed by atoms with Gasteiger partial charge in [0.1, 0.15) is 0 Å². The van der Waals surface area contributed by atoms with Crippen molar-refractivity contribution in [3.63, 3.8) is 0 Å². The van der Waals surface area contributed by atoms with Crippen molar-refractivity contribution in [1.82, 2.24) is 4.98 Å². The number of pyridine rings is 1. The molecule has 0 radical (unpaired) electrons. The molecule has 2 aromatic carbocycles. The number of benzene rings is 2. The average Bonchev–Trinajstić information content (AvgIpc) is 3.15. The zero-order valence-electron chi connectivity index (χ0n) is 15.5. The maximum atomic E-state index is 4.76. The van der Waals surface area contributed by atoms with Crippen LogP contribution in [0, 0.1) is 6.92 Å². The zero-order valence-corrected chi connectivity index (χ0v) is 15.5. The van der Waals surface area contributed by atoms with Gasteiger partial charge < -0.3 is 0 Å². The fourth-order valence-corrected chi connectivity index (χ4v) is 4.23. The number of nitrogens with zero attached hydrogens (tertiary/aromatic N) is 1. The second-order valence-electron chi connectivity index (χ2n) is 7.91. The highest BCUT2D eigenvalue weighted by atomic mass is 14.7. The zero-order chi connectivity index (χ0) is 17.4. The SMILES string of the molecule is Cc1cc(-c2nccc3cc(C(C)C)ccc23)cc(C2CCCC2)c1. The van der Waals surface area contributed by atoms with Crippen LogP contribution in [0.15, 0.2) is 48.7 Å². The first-order valence-electron chi connectivity index (χ1n) is 9.62. The van der Waals surface area contributed by atoms with Crippen LogP contribution in [0.5, 0.6) is 0 Å². The van der Waals surface area contributed by atoms with Crippen LogP contribution in [0.2, 0.25) is 0 Å². The molecule has 1 fully saturated rings. The van der Waals surface area contributed by atoms with Gasteiger partial charge in [0.15, 0.2) is 0 Å². The van der Waals surface area contributed by atoms with E-state index in [2.05, 4.69) is 63.2 Å². The quantitative estimate of drug-likeness (QED) is 0.504. The Morgan fingerprint density at radius 3 is 2.52 bits per heavy atom. The minimum Gasteiger partial charge on any atom is -0.256 e. The second-order valence-corrected chi connectivity index (χ2v) is 7.91. The number of aromatic nitrogens is 1. The molecule has 1 nitrogen and oxygen atoms in total. The monoisotopic (exact) mass is 329 g/mol. The highest BCUT2D eigenvalue weighted by molar-refractivity contribution is 5.95. The van der Waals surface area contributed by atoms with E-state index in [0.29, 0.717) is 5.92 Å². The summed E-state index contributed by atoms with van der Waals surface area (Å²) >= 11 is 0. The van der Waals surface area contributed by atoms with Crippen molar-refractivity contribution < 1.29 is 0 Å². The molecular weight excluding hydrogens is 302 g/mol. The first-order valence-corrected chi connectivity index (χ1v) is 9.62. The van der Waals surface area contributed by atoms with Gasteiger partial charge in [-0.2, -0.15) is 0 Å². The maximum absolute atomic E-state index is 4.76. The number of hydrogen-bond donors (Lipinski definition) is 0. The van der Waals surface area contributed by atoms with Gasteiger partial charge >= 0.3 is 0 Å². The van der Waals surface area contributed by atoms with Crippen molar-refractivity contribution in [3.8, 4) is 11.3 Å². The molecule has 1 saturated carbocycles. The Kier molecular flexibility index (Phi) is 4.33. The third kappa shape index (κ3) is 3.20. The van der Waals surface area contributed by atoms with E-state index in [1.54, 1.807) is 0 Å². The predicted octanol–water partition coefficient (Wildman–Crippen LogP) is 6.99. The van der Waals surface area contributed by atoms with Crippen LogP contribution >= 0.6 is 0 Å². The van der Waals surface area contributed by atoms with Gasteiger partial charge in [-0.25, -0.2) is 0 Å². The van der Waals surface area contributed by atoms with Crippen molar-refractivity contribution >= 4 is 10.8 Å². The van der Waals surface area contributed by atoms with Crippen LogP contribution in [0.25, 0.3) is 22.0 Å². The van der Waals surface area contributed by atoms with E-state index in [1.165, 1.54) is 58.7 Å². The van der Waals surface area contributed by atoms with E-state index in [-0.39, 0.29) is 0 Å².